The van der Waals surface area contributed by atoms with Crippen LogP contribution in [0.3, 0.4) is 0 Å². The van der Waals surface area contributed by atoms with Crippen LogP contribution in [0, 0.1) is 15.9 Å². The Morgan fingerprint density at radius 1 is 1.00 bits per heavy atom. The van der Waals surface area contributed by atoms with E-state index in [1.165, 1.54) is 54.4 Å². The first-order chi connectivity index (χ1) is 15.4. The number of amides is 2. The van der Waals surface area contributed by atoms with Crippen LogP contribution in [0.5, 0.6) is 0 Å². The SMILES string of the molecule is O=C1C(SCc2ccco2)=C(c2ccc([N+](=O)[O-])cc2)C(=O)N1CCc1ccc(F)cc1. The molecule has 0 fully saturated rings. The molecule has 9 heteroatoms. The van der Waals surface area contributed by atoms with Gasteiger partial charge in [0.1, 0.15) is 11.6 Å². The van der Waals surface area contributed by atoms with Crippen molar-refractivity contribution in [3.05, 3.63) is 105 Å². The van der Waals surface area contributed by atoms with Gasteiger partial charge in [0.25, 0.3) is 17.5 Å². The van der Waals surface area contributed by atoms with Gasteiger partial charge in [-0.3, -0.25) is 24.6 Å². The van der Waals surface area contributed by atoms with Gasteiger partial charge in [0.2, 0.25) is 0 Å². The van der Waals surface area contributed by atoms with Gasteiger partial charge in [-0.2, -0.15) is 0 Å². The number of nitro benzene ring substituents is 1. The van der Waals surface area contributed by atoms with Crippen LogP contribution in [0.15, 0.2) is 76.2 Å². The van der Waals surface area contributed by atoms with Crippen LogP contribution in [0.25, 0.3) is 5.57 Å². The largest absolute Gasteiger partial charge is 0.468 e. The maximum absolute atomic E-state index is 13.2. The molecule has 0 radical (unpaired) electrons. The highest BCUT2D eigenvalue weighted by atomic mass is 32.2. The monoisotopic (exact) mass is 452 g/mol. The Labute approximate surface area is 186 Å². The number of non-ortho nitro benzene ring substituents is 1. The number of benzene rings is 2. The van der Waals surface area contributed by atoms with Crippen molar-refractivity contribution in [1.29, 1.82) is 0 Å². The standard InChI is InChI=1S/C23H17FN2O5S/c24-17-7-3-15(4-8-17)11-12-25-22(27)20(16-5-9-18(10-6-16)26(29)30)21(23(25)28)32-14-19-2-1-13-31-19/h1-10,13H,11-12,14H2. The first-order valence-corrected chi connectivity index (χ1v) is 10.7. The van der Waals surface area contributed by atoms with Gasteiger partial charge >= 0.3 is 0 Å². The second-order valence-corrected chi connectivity index (χ2v) is 8.00. The van der Waals surface area contributed by atoms with E-state index in [4.69, 9.17) is 4.42 Å². The summed E-state index contributed by atoms with van der Waals surface area (Å²) >= 11 is 1.18. The van der Waals surface area contributed by atoms with E-state index in [1.54, 1.807) is 24.3 Å². The van der Waals surface area contributed by atoms with E-state index in [9.17, 15) is 24.1 Å². The fraction of sp³-hybridized carbons (Fsp3) is 0.130. The van der Waals surface area contributed by atoms with Crippen molar-refractivity contribution < 1.29 is 23.3 Å². The van der Waals surface area contributed by atoms with Crippen LogP contribution in [0.2, 0.25) is 0 Å². The van der Waals surface area contributed by atoms with Crippen LogP contribution in [-0.2, 0) is 21.8 Å². The molecule has 0 N–H and O–H groups in total. The Balaban J connectivity index is 1.61. The Morgan fingerprint density at radius 3 is 2.34 bits per heavy atom. The third kappa shape index (κ3) is 4.47. The van der Waals surface area contributed by atoms with Gasteiger partial charge in [0, 0.05) is 18.7 Å². The first-order valence-electron chi connectivity index (χ1n) is 9.69. The molecule has 0 saturated carbocycles. The van der Waals surface area contributed by atoms with Crippen LogP contribution >= 0.6 is 11.8 Å². The zero-order chi connectivity index (χ0) is 22.7. The molecule has 0 saturated heterocycles. The highest BCUT2D eigenvalue weighted by Crippen LogP contribution is 2.38. The minimum absolute atomic E-state index is 0.107. The van der Waals surface area contributed by atoms with Gasteiger partial charge in [-0.05, 0) is 53.9 Å². The van der Waals surface area contributed by atoms with Crippen molar-refractivity contribution in [2.75, 3.05) is 6.54 Å². The van der Waals surface area contributed by atoms with Crippen molar-refractivity contribution in [3.8, 4) is 0 Å². The molecule has 1 aliphatic heterocycles. The third-order valence-corrected chi connectivity index (χ3v) is 6.06. The van der Waals surface area contributed by atoms with E-state index < -0.39 is 16.7 Å². The van der Waals surface area contributed by atoms with Crippen LogP contribution in [0.4, 0.5) is 10.1 Å². The van der Waals surface area contributed by atoms with E-state index in [2.05, 4.69) is 0 Å². The summed E-state index contributed by atoms with van der Waals surface area (Å²) in [5, 5.41) is 11.0. The van der Waals surface area contributed by atoms with Gasteiger partial charge in [-0.25, -0.2) is 4.39 Å². The number of hydrogen-bond acceptors (Lipinski definition) is 6. The minimum Gasteiger partial charge on any atom is -0.468 e. The lowest BCUT2D eigenvalue weighted by atomic mass is 10.1. The summed E-state index contributed by atoms with van der Waals surface area (Å²) in [5.41, 5.74) is 1.32. The second-order valence-electron chi connectivity index (χ2n) is 7.01. The molecule has 0 aliphatic carbocycles. The number of thioether (sulfide) groups is 1. The topological polar surface area (TPSA) is 93.7 Å². The number of hydrogen-bond donors (Lipinski definition) is 0. The van der Waals surface area contributed by atoms with Gasteiger partial charge in [-0.1, -0.05) is 12.1 Å². The lowest BCUT2D eigenvalue weighted by molar-refractivity contribution is -0.384. The van der Waals surface area contributed by atoms with Gasteiger partial charge in [0.05, 0.1) is 27.4 Å². The number of nitro groups is 1. The number of furan rings is 1. The molecular formula is C23H17FN2O5S. The predicted octanol–water partition coefficient (Wildman–Crippen LogP) is 4.58. The molecule has 4 rings (SSSR count). The fourth-order valence-corrected chi connectivity index (χ4v) is 4.36. The quantitative estimate of drug-likeness (QED) is 0.282. The third-order valence-electron chi connectivity index (χ3n) is 4.97. The van der Waals surface area contributed by atoms with E-state index >= 15 is 0 Å². The van der Waals surface area contributed by atoms with Crippen molar-refractivity contribution in [3.63, 3.8) is 0 Å². The van der Waals surface area contributed by atoms with Crippen LogP contribution in [0.1, 0.15) is 16.9 Å². The molecule has 0 spiro atoms. The zero-order valence-electron chi connectivity index (χ0n) is 16.7. The normalized spacial score (nSPS) is 13.8. The molecule has 3 aromatic rings. The maximum Gasteiger partial charge on any atom is 0.269 e. The predicted molar refractivity (Wildman–Crippen MR) is 117 cm³/mol. The average Bonchev–Trinajstić information content (AvgIpc) is 3.38. The molecule has 2 amide bonds. The van der Waals surface area contributed by atoms with E-state index in [0.29, 0.717) is 23.5 Å². The maximum atomic E-state index is 13.2. The average molecular weight is 452 g/mol. The van der Waals surface area contributed by atoms with Crippen molar-refractivity contribution in [2.24, 2.45) is 0 Å². The fourth-order valence-electron chi connectivity index (χ4n) is 3.33. The molecule has 2 aromatic carbocycles. The Morgan fingerprint density at radius 2 is 1.72 bits per heavy atom. The molecular weight excluding hydrogens is 435 g/mol. The number of carbonyl (C=O) groups excluding carboxylic acids is 2. The number of carbonyl (C=O) groups is 2. The van der Waals surface area contributed by atoms with Gasteiger partial charge in [-0.15, -0.1) is 11.8 Å². The summed E-state index contributed by atoms with van der Waals surface area (Å²) in [7, 11) is 0. The molecule has 0 unspecified atom stereocenters. The lowest BCUT2D eigenvalue weighted by Crippen LogP contribution is -2.33. The summed E-state index contributed by atoms with van der Waals surface area (Å²) < 4.78 is 18.5. The number of imide groups is 1. The summed E-state index contributed by atoms with van der Waals surface area (Å²) in [5.74, 6) is -0.254. The minimum atomic E-state index is -0.526. The van der Waals surface area contributed by atoms with Gasteiger partial charge < -0.3 is 4.42 Å². The zero-order valence-corrected chi connectivity index (χ0v) is 17.5. The highest BCUT2D eigenvalue weighted by molar-refractivity contribution is 8.03. The number of nitrogens with zero attached hydrogens (tertiary/aromatic N) is 2. The summed E-state index contributed by atoms with van der Waals surface area (Å²) in [6.07, 6.45) is 1.90. The van der Waals surface area contributed by atoms with Crippen molar-refractivity contribution in [1.82, 2.24) is 4.90 Å². The molecule has 0 atom stereocenters. The van der Waals surface area contributed by atoms with Crippen LogP contribution < -0.4 is 0 Å². The molecule has 2 heterocycles. The second kappa shape index (κ2) is 9.19. The van der Waals surface area contributed by atoms with E-state index in [-0.39, 0.29) is 28.5 Å². The van der Waals surface area contributed by atoms with Crippen molar-refractivity contribution >= 4 is 34.8 Å². The summed E-state index contributed by atoms with van der Waals surface area (Å²) in [4.78, 5) is 38.2. The Hall–Kier alpha value is -3.72. The number of rotatable bonds is 8. The molecule has 7 nitrogen and oxygen atoms in total. The Bertz CT molecular complexity index is 1190. The van der Waals surface area contributed by atoms with Gasteiger partial charge in [0.15, 0.2) is 0 Å². The molecule has 162 valence electrons. The first kappa shape index (κ1) is 21.5. The molecule has 1 aliphatic rings. The highest BCUT2D eigenvalue weighted by Gasteiger charge is 2.39. The van der Waals surface area contributed by atoms with E-state index in [0.717, 1.165) is 10.5 Å². The Kier molecular flexibility index (Phi) is 6.18. The van der Waals surface area contributed by atoms with Crippen LogP contribution in [-0.4, -0.2) is 28.2 Å². The summed E-state index contributed by atoms with van der Waals surface area (Å²) in [6, 6.07) is 14.9. The lowest BCUT2D eigenvalue weighted by Gasteiger charge is -2.15. The molecule has 1 aromatic heterocycles. The van der Waals surface area contributed by atoms with Crippen molar-refractivity contribution in [2.45, 2.75) is 12.2 Å². The van der Waals surface area contributed by atoms with E-state index in [1.807, 2.05) is 0 Å². The smallest absolute Gasteiger partial charge is 0.269 e. The molecule has 0 bridgehead atoms. The number of halogens is 1. The summed E-state index contributed by atoms with van der Waals surface area (Å²) in [6.45, 7) is 0.130. The molecule has 32 heavy (non-hydrogen) atoms.